The van der Waals surface area contributed by atoms with Crippen molar-refractivity contribution < 1.29 is 0 Å². The van der Waals surface area contributed by atoms with E-state index in [-0.39, 0.29) is 0 Å². The van der Waals surface area contributed by atoms with E-state index < -0.39 is 0 Å². The lowest BCUT2D eigenvalue weighted by Crippen LogP contribution is -2.28. The van der Waals surface area contributed by atoms with Gasteiger partial charge in [-0.05, 0) is 37.3 Å². The van der Waals surface area contributed by atoms with Gasteiger partial charge in [0.25, 0.3) is 0 Å². The van der Waals surface area contributed by atoms with Gasteiger partial charge < -0.3 is 5.73 Å². The Balaban J connectivity index is 1.79. The van der Waals surface area contributed by atoms with Gasteiger partial charge in [-0.1, -0.05) is 66.7 Å². The number of para-hydroxylation sites is 3. The Hall–Kier alpha value is -4.38. The van der Waals surface area contributed by atoms with E-state index in [2.05, 4.69) is 0 Å². The van der Waals surface area contributed by atoms with Crippen LogP contribution in [-0.4, -0.2) is 11.5 Å². The van der Waals surface area contributed by atoms with Gasteiger partial charge in [-0.25, -0.2) is 0 Å². The number of hydrogen-bond donors (Lipinski definition) is 3. The minimum absolute atomic E-state index is 0.328. The maximum absolute atomic E-state index is 9.19. The van der Waals surface area contributed by atoms with Gasteiger partial charge >= 0.3 is 0 Å². The molecule has 0 saturated heterocycles. The third-order valence-corrected chi connectivity index (χ3v) is 5.72. The number of nitrogens with two attached hydrogens (primary N) is 1. The first kappa shape index (κ1) is 19.6. The second-order valence-electron chi connectivity index (χ2n) is 7.61. The highest BCUT2D eigenvalue weighted by Crippen LogP contribution is 2.47. The standard InChI is InChI=1S/C27H23N5/c1-2-3-17-23(28)32-22-16-10-8-14-20(22)25(29)26(32)24-19-13-7-9-15-21(19)31(27(24)30)18-11-5-4-6-12-18/h2-17,29-30H,28H2,1H3/b3-2-,23-17+,26-24+,29-25?,30-27?. The van der Waals surface area contributed by atoms with Crippen molar-refractivity contribution in [2.24, 2.45) is 5.73 Å². The molecule has 0 aliphatic carbocycles. The van der Waals surface area contributed by atoms with Crippen LogP contribution in [0.3, 0.4) is 0 Å². The predicted octanol–water partition coefficient (Wildman–Crippen LogP) is 5.79. The molecule has 0 aromatic heterocycles. The molecule has 4 N–H and O–H groups in total. The first-order valence-corrected chi connectivity index (χ1v) is 10.5. The van der Waals surface area contributed by atoms with Crippen LogP contribution in [0, 0.1) is 10.8 Å². The van der Waals surface area contributed by atoms with Crippen LogP contribution in [0.25, 0.3) is 5.57 Å². The summed E-state index contributed by atoms with van der Waals surface area (Å²) in [6, 6.07) is 25.6. The third kappa shape index (κ3) is 2.87. The molecular formula is C27H23N5. The van der Waals surface area contributed by atoms with Crippen LogP contribution in [0.4, 0.5) is 17.1 Å². The number of rotatable bonds is 3. The molecule has 0 fully saturated rings. The van der Waals surface area contributed by atoms with Crippen molar-refractivity contribution in [2.75, 3.05) is 9.80 Å². The molecule has 2 aliphatic rings. The smallest absolute Gasteiger partial charge is 0.140 e. The van der Waals surface area contributed by atoms with Crippen LogP contribution in [0.2, 0.25) is 0 Å². The van der Waals surface area contributed by atoms with Crippen LogP contribution >= 0.6 is 0 Å². The zero-order valence-corrected chi connectivity index (χ0v) is 17.7. The average Bonchev–Trinajstić information content (AvgIpc) is 3.28. The van der Waals surface area contributed by atoms with E-state index >= 15 is 0 Å². The summed E-state index contributed by atoms with van der Waals surface area (Å²) < 4.78 is 0. The SMILES string of the molecule is C/C=C\C=C(/N)N1/C(=C2/C(=N)N(c3ccccc3)c3ccccc32)C(=N)c2ccccc21. The molecule has 0 saturated carbocycles. The fraction of sp³-hybridized carbons (Fsp3) is 0.0370. The Morgan fingerprint density at radius 3 is 2.16 bits per heavy atom. The maximum Gasteiger partial charge on any atom is 0.140 e. The summed E-state index contributed by atoms with van der Waals surface area (Å²) in [5.41, 5.74) is 12.6. The second kappa shape index (κ2) is 7.71. The first-order valence-electron chi connectivity index (χ1n) is 10.5. The van der Waals surface area contributed by atoms with E-state index in [1.807, 2.05) is 114 Å². The summed E-state index contributed by atoms with van der Waals surface area (Å²) >= 11 is 0. The van der Waals surface area contributed by atoms with E-state index in [1.165, 1.54) is 0 Å². The molecule has 0 unspecified atom stereocenters. The Morgan fingerprint density at radius 2 is 1.44 bits per heavy atom. The number of anilines is 3. The topological polar surface area (TPSA) is 80.2 Å². The van der Waals surface area contributed by atoms with Crippen LogP contribution in [0.15, 0.2) is 109 Å². The molecule has 3 aromatic carbocycles. The highest BCUT2D eigenvalue weighted by atomic mass is 15.3. The zero-order chi connectivity index (χ0) is 22.2. The van der Waals surface area contributed by atoms with Crippen molar-refractivity contribution in [1.29, 1.82) is 10.8 Å². The molecule has 156 valence electrons. The lowest BCUT2D eigenvalue weighted by Gasteiger charge is -2.24. The summed E-state index contributed by atoms with van der Waals surface area (Å²) in [5, 5.41) is 18.2. The van der Waals surface area contributed by atoms with Crippen molar-refractivity contribution >= 4 is 34.2 Å². The largest absolute Gasteiger partial charge is 0.385 e. The van der Waals surface area contributed by atoms with E-state index in [9.17, 15) is 5.41 Å². The van der Waals surface area contributed by atoms with Gasteiger partial charge in [0.15, 0.2) is 0 Å². The van der Waals surface area contributed by atoms with E-state index in [0.717, 1.165) is 28.2 Å². The van der Waals surface area contributed by atoms with Gasteiger partial charge in [0.05, 0.1) is 28.4 Å². The molecule has 5 rings (SSSR count). The first-order chi connectivity index (χ1) is 15.6. The Kier molecular flexibility index (Phi) is 4.71. The molecule has 0 atom stereocenters. The molecule has 0 amide bonds. The highest BCUT2D eigenvalue weighted by molar-refractivity contribution is 6.42. The van der Waals surface area contributed by atoms with Gasteiger partial charge in [0.1, 0.15) is 11.7 Å². The second-order valence-corrected chi connectivity index (χ2v) is 7.61. The maximum atomic E-state index is 9.19. The number of benzene rings is 3. The van der Waals surface area contributed by atoms with Gasteiger partial charge in [-0.2, -0.15) is 0 Å². The highest BCUT2D eigenvalue weighted by Gasteiger charge is 2.40. The number of nitrogens with zero attached hydrogens (tertiary/aromatic N) is 2. The third-order valence-electron chi connectivity index (χ3n) is 5.72. The Morgan fingerprint density at radius 1 is 0.812 bits per heavy atom. The molecule has 5 heteroatoms. The predicted molar refractivity (Wildman–Crippen MR) is 133 cm³/mol. The number of nitrogens with one attached hydrogen (secondary N) is 2. The Bertz CT molecular complexity index is 1330. The minimum Gasteiger partial charge on any atom is -0.385 e. The molecule has 2 aliphatic heterocycles. The van der Waals surface area contributed by atoms with Crippen molar-refractivity contribution in [3.05, 3.63) is 120 Å². The van der Waals surface area contributed by atoms with Crippen LogP contribution in [0.1, 0.15) is 18.1 Å². The van der Waals surface area contributed by atoms with Crippen molar-refractivity contribution in [3.8, 4) is 0 Å². The van der Waals surface area contributed by atoms with Gasteiger partial charge in [0, 0.05) is 16.8 Å². The molecule has 0 radical (unpaired) electrons. The summed E-state index contributed by atoms with van der Waals surface area (Å²) in [6.45, 7) is 1.93. The molecule has 5 nitrogen and oxygen atoms in total. The molecule has 32 heavy (non-hydrogen) atoms. The number of allylic oxidation sites excluding steroid dienone is 4. The summed E-state index contributed by atoms with van der Waals surface area (Å²) in [6.07, 6.45) is 5.62. The van der Waals surface area contributed by atoms with Gasteiger partial charge in [-0.3, -0.25) is 20.6 Å². The van der Waals surface area contributed by atoms with Crippen molar-refractivity contribution in [2.45, 2.75) is 6.92 Å². The summed E-state index contributed by atoms with van der Waals surface area (Å²) in [4.78, 5) is 3.82. The van der Waals surface area contributed by atoms with Crippen LogP contribution < -0.4 is 15.5 Å². The lowest BCUT2D eigenvalue weighted by molar-refractivity contribution is 1.11. The quantitative estimate of drug-likeness (QED) is 0.472. The molecule has 0 bridgehead atoms. The van der Waals surface area contributed by atoms with E-state index in [1.54, 1.807) is 0 Å². The van der Waals surface area contributed by atoms with Gasteiger partial charge in [0.2, 0.25) is 0 Å². The molecule has 0 spiro atoms. The van der Waals surface area contributed by atoms with Gasteiger partial charge in [-0.15, -0.1) is 0 Å². The van der Waals surface area contributed by atoms with Crippen molar-refractivity contribution in [1.82, 2.24) is 0 Å². The van der Waals surface area contributed by atoms with E-state index in [4.69, 9.17) is 11.1 Å². The average molecular weight is 418 g/mol. The molecular weight excluding hydrogens is 394 g/mol. The fourth-order valence-corrected chi connectivity index (χ4v) is 4.34. The molecule has 3 aromatic rings. The summed E-state index contributed by atoms with van der Waals surface area (Å²) in [5.74, 6) is 0.831. The van der Waals surface area contributed by atoms with Crippen molar-refractivity contribution in [3.63, 3.8) is 0 Å². The normalized spacial score (nSPS) is 18.0. The monoisotopic (exact) mass is 417 g/mol. The summed E-state index contributed by atoms with van der Waals surface area (Å²) in [7, 11) is 0. The van der Waals surface area contributed by atoms with E-state index in [0.29, 0.717) is 28.6 Å². The zero-order valence-electron chi connectivity index (χ0n) is 17.7. The number of amidine groups is 1. The minimum atomic E-state index is 0.328. The number of hydrogen-bond acceptors (Lipinski definition) is 4. The van der Waals surface area contributed by atoms with Crippen LogP contribution in [0.5, 0.6) is 0 Å². The number of fused-ring (bicyclic) bond motifs is 2. The Labute approximate surface area is 187 Å². The molecule has 2 heterocycles. The van der Waals surface area contributed by atoms with Crippen LogP contribution in [-0.2, 0) is 0 Å². The fourth-order valence-electron chi connectivity index (χ4n) is 4.34. The lowest BCUT2D eigenvalue weighted by atomic mass is 10.0.